The van der Waals surface area contributed by atoms with Crippen molar-refractivity contribution in [3.8, 4) is 5.75 Å². The summed E-state index contributed by atoms with van der Waals surface area (Å²) in [4.78, 5) is 75.3. The molecule has 3 rings (SSSR count). The Morgan fingerprint density at radius 3 is 1.70 bits per heavy atom. The first kappa shape index (κ1) is 29.6. The Hall–Kier alpha value is -4.94. The molecular weight excluding hydrogens is 520 g/mol. The van der Waals surface area contributed by atoms with Crippen LogP contribution in [0.25, 0.3) is 0 Å². The molecular formula is C27H32N6O7. The number of phenolic OH excluding ortho intramolecular Hbond substituents is 1. The summed E-state index contributed by atoms with van der Waals surface area (Å²) in [6.45, 7) is -1.32. The van der Waals surface area contributed by atoms with Gasteiger partial charge in [-0.15, -0.1) is 0 Å². The minimum Gasteiger partial charge on any atom is -0.508 e. The first-order valence-electron chi connectivity index (χ1n) is 12.7. The molecule has 2 atom stereocenters. The topological polar surface area (TPSA) is 195 Å². The van der Waals surface area contributed by atoms with Gasteiger partial charge in [0.15, 0.2) is 0 Å². The molecule has 0 aromatic heterocycles. The highest BCUT2D eigenvalue weighted by molar-refractivity contribution is 5.94. The van der Waals surface area contributed by atoms with Crippen molar-refractivity contribution in [2.75, 3.05) is 26.2 Å². The highest BCUT2D eigenvalue weighted by atomic mass is 16.3. The fourth-order valence-electron chi connectivity index (χ4n) is 3.85. The molecule has 2 aromatic carbocycles. The van der Waals surface area contributed by atoms with Crippen LogP contribution in [0.5, 0.6) is 5.75 Å². The zero-order chi connectivity index (χ0) is 28.9. The highest BCUT2D eigenvalue weighted by Gasteiger charge is 2.25. The molecule has 1 fully saturated rings. The van der Waals surface area contributed by atoms with Gasteiger partial charge in [-0.05, 0) is 23.3 Å². The Kier molecular flexibility index (Phi) is 11.0. The quantitative estimate of drug-likeness (QED) is 0.228. The van der Waals surface area contributed by atoms with Gasteiger partial charge in [0.2, 0.25) is 35.4 Å². The predicted molar refractivity (Wildman–Crippen MR) is 142 cm³/mol. The van der Waals surface area contributed by atoms with Crippen LogP contribution in [0, 0.1) is 0 Å². The molecule has 1 heterocycles. The van der Waals surface area contributed by atoms with Gasteiger partial charge in [0.25, 0.3) is 0 Å². The number of hydrogen-bond acceptors (Lipinski definition) is 7. The number of phenols is 1. The van der Waals surface area contributed by atoms with Crippen molar-refractivity contribution < 1.29 is 33.9 Å². The lowest BCUT2D eigenvalue weighted by Crippen LogP contribution is -2.54. The van der Waals surface area contributed by atoms with E-state index in [1.54, 1.807) is 42.5 Å². The van der Waals surface area contributed by atoms with Crippen molar-refractivity contribution in [3.63, 3.8) is 0 Å². The van der Waals surface area contributed by atoms with Gasteiger partial charge in [-0.1, -0.05) is 42.5 Å². The van der Waals surface area contributed by atoms with Crippen LogP contribution in [0.2, 0.25) is 0 Å². The van der Waals surface area contributed by atoms with Crippen molar-refractivity contribution >= 4 is 35.4 Å². The van der Waals surface area contributed by atoms with E-state index < -0.39 is 60.6 Å². The minimum atomic E-state index is -1.06. The zero-order valence-electron chi connectivity index (χ0n) is 21.7. The number of carbonyl (C=O) groups excluding carboxylic acids is 6. The number of rotatable bonds is 4. The van der Waals surface area contributed by atoms with E-state index in [4.69, 9.17) is 0 Å². The number of carbonyl (C=O) groups is 6. The molecule has 0 radical (unpaired) electrons. The lowest BCUT2D eigenvalue weighted by atomic mass is 10.0. The Labute approximate surface area is 230 Å². The summed E-state index contributed by atoms with van der Waals surface area (Å²) in [6, 6.07) is 12.9. The van der Waals surface area contributed by atoms with E-state index in [1.165, 1.54) is 12.1 Å². The summed E-state index contributed by atoms with van der Waals surface area (Å²) in [7, 11) is 0. The Morgan fingerprint density at radius 2 is 1.07 bits per heavy atom. The SMILES string of the molecule is O=C1CNC(=O)CNC(=O)[C@H](Cc2ccccc2)NC(=O)CNC(=O)[C@H](Cc2ccc(O)cc2)NC(=O)CCN1. The lowest BCUT2D eigenvalue weighted by Gasteiger charge is -2.20. The number of hydrogen-bond donors (Lipinski definition) is 7. The Bertz CT molecular complexity index is 1220. The van der Waals surface area contributed by atoms with Gasteiger partial charge in [-0.2, -0.15) is 0 Å². The van der Waals surface area contributed by atoms with Gasteiger partial charge < -0.3 is 37.0 Å². The maximum absolute atomic E-state index is 13.0. The molecule has 212 valence electrons. The van der Waals surface area contributed by atoms with Gasteiger partial charge in [0.05, 0.1) is 19.6 Å². The molecule has 7 N–H and O–H groups in total. The molecule has 0 saturated carbocycles. The van der Waals surface area contributed by atoms with E-state index in [0.29, 0.717) is 5.56 Å². The molecule has 2 aromatic rings. The standard InChI is InChI=1S/C27H32N6O7/c34-19-8-6-18(7-9-19)13-20-26(39)31-16-25(38)33-21(12-17-4-2-1-3-5-17)27(40)30-15-24(37)29-14-23(36)28-11-10-22(35)32-20/h1-9,20-21,34H,10-16H2,(H,28,36)(H,29,37)(H,30,40)(H,31,39)(H,32,35)(H,33,38)/t20-,21-/m0/s1. The second-order valence-electron chi connectivity index (χ2n) is 9.11. The summed E-state index contributed by atoms with van der Waals surface area (Å²) in [6.07, 6.45) is 0.0452. The molecule has 1 aliphatic rings. The largest absolute Gasteiger partial charge is 0.508 e. The average Bonchev–Trinajstić information content (AvgIpc) is 2.94. The number of nitrogens with one attached hydrogen (secondary N) is 6. The zero-order valence-corrected chi connectivity index (χ0v) is 21.7. The van der Waals surface area contributed by atoms with Gasteiger partial charge in [0.1, 0.15) is 17.8 Å². The number of aromatic hydroxyl groups is 1. The third-order valence-electron chi connectivity index (χ3n) is 5.93. The lowest BCUT2D eigenvalue weighted by molar-refractivity contribution is -0.132. The average molecular weight is 553 g/mol. The van der Waals surface area contributed by atoms with Crippen LogP contribution < -0.4 is 31.9 Å². The van der Waals surface area contributed by atoms with Crippen molar-refractivity contribution in [1.82, 2.24) is 31.9 Å². The summed E-state index contributed by atoms with van der Waals surface area (Å²) >= 11 is 0. The van der Waals surface area contributed by atoms with Crippen molar-refractivity contribution in [3.05, 3.63) is 65.7 Å². The van der Waals surface area contributed by atoms with Gasteiger partial charge in [-0.25, -0.2) is 0 Å². The first-order chi connectivity index (χ1) is 19.2. The van der Waals surface area contributed by atoms with Crippen LogP contribution in [0.15, 0.2) is 54.6 Å². The van der Waals surface area contributed by atoms with E-state index in [-0.39, 0.29) is 38.1 Å². The third-order valence-corrected chi connectivity index (χ3v) is 5.93. The van der Waals surface area contributed by atoms with Crippen LogP contribution in [0.1, 0.15) is 17.5 Å². The van der Waals surface area contributed by atoms with E-state index in [2.05, 4.69) is 31.9 Å². The van der Waals surface area contributed by atoms with Gasteiger partial charge >= 0.3 is 0 Å². The predicted octanol–water partition coefficient (Wildman–Crippen LogP) is -1.98. The molecule has 0 aliphatic carbocycles. The van der Waals surface area contributed by atoms with Crippen LogP contribution in [0.3, 0.4) is 0 Å². The Balaban J connectivity index is 1.76. The molecule has 13 heteroatoms. The molecule has 1 saturated heterocycles. The summed E-state index contributed by atoms with van der Waals surface area (Å²) < 4.78 is 0. The summed E-state index contributed by atoms with van der Waals surface area (Å²) in [5.74, 6) is -3.57. The molecule has 6 amide bonds. The van der Waals surface area contributed by atoms with E-state index in [9.17, 15) is 33.9 Å². The normalized spacial score (nSPS) is 20.3. The van der Waals surface area contributed by atoms with Crippen molar-refractivity contribution in [2.45, 2.75) is 31.3 Å². The smallest absolute Gasteiger partial charge is 0.243 e. The first-order valence-corrected chi connectivity index (χ1v) is 12.7. The molecule has 0 bridgehead atoms. The Morgan fingerprint density at radius 1 is 0.575 bits per heavy atom. The van der Waals surface area contributed by atoms with Crippen LogP contribution >= 0.6 is 0 Å². The summed E-state index contributed by atoms with van der Waals surface area (Å²) in [5, 5.41) is 24.5. The second-order valence-corrected chi connectivity index (χ2v) is 9.11. The molecule has 40 heavy (non-hydrogen) atoms. The monoisotopic (exact) mass is 552 g/mol. The highest BCUT2D eigenvalue weighted by Crippen LogP contribution is 2.11. The van der Waals surface area contributed by atoms with E-state index in [1.807, 2.05) is 0 Å². The maximum Gasteiger partial charge on any atom is 0.243 e. The van der Waals surface area contributed by atoms with Crippen LogP contribution in [-0.2, 0) is 41.6 Å². The van der Waals surface area contributed by atoms with Gasteiger partial charge in [0, 0.05) is 25.8 Å². The van der Waals surface area contributed by atoms with E-state index >= 15 is 0 Å². The fraction of sp³-hybridized carbons (Fsp3) is 0.333. The fourth-order valence-corrected chi connectivity index (χ4v) is 3.85. The molecule has 1 aliphatic heterocycles. The van der Waals surface area contributed by atoms with Crippen molar-refractivity contribution in [1.29, 1.82) is 0 Å². The second kappa shape index (κ2) is 14.9. The third kappa shape index (κ3) is 10.1. The maximum atomic E-state index is 13.0. The van der Waals surface area contributed by atoms with E-state index in [0.717, 1.165) is 5.56 Å². The number of benzene rings is 2. The molecule has 0 spiro atoms. The van der Waals surface area contributed by atoms with Crippen LogP contribution in [-0.4, -0.2) is 78.8 Å². The number of amides is 6. The van der Waals surface area contributed by atoms with Gasteiger partial charge in [-0.3, -0.25) is 28.8 Å². The molecule has 13 nitrogen and oxygen atoms in total. The molecule has 0 unspecified atom stereocenters. The van der Waals surface area contributed by atoms with Crippen LogP contribution in [0.4, 0.5) is 0 Å². The van der Waals surface area contributed by atoms with Crippen molar-refractivity contribution in [2.24, 2.45) is 0 Å². The summed E-state index contributed by atoms with van der Waals surface area (Å²) in [5.41, 5.74) is 1.40. The minimum absolute atomic E-state index is 0.0374.